The second kappa shape index (κ2) is 9.12. The molecule has 1 aromatic heterocycles. The Hall–Kier alpha value is -2.48. The third-order valence-electron chi connectivity index (χ3n) is 5.53. The van der Waals surface area contributed by atoms with E-state index in [9.17, 15) is 4.79 Å². The molecule has 2 heterocycles. The molecule has 0 aliphatic carbocycles. The number of carbonyl (C=O) groups excluding carboxylic acids is 1. The highest BCUT2D eigenvalue weighted by Crippen LogP contribution is 2.20. The van der Waals surface area contributed by atoms with Gasteiger partial charge >= 0.3 is 0 Å². The van der Waals surface area contributed by atoms with Crippen LogP contribution in [0.2, 0.25) is 5.02 Å². The minimum absolute atomic E-state index is 0.0539. The molecule has 4 rings (SSSR count). The lowest BCUT2D eigenvalue weighted by Gasteiger charge is -2.35. The fraction of sp³-hybridized carbons (Fsp3) is 0.318. The number of benzene rings is 2. The molecule has 1 aliphatic heterocycles. The molecule has 0 bridgehead atoms. The molecule has 2 aromatic carbocycles. The Labute approximate surface area is 186 Å². The van der Waals surface area contributed by atoms with Gasteiger partial charge in [-0.05, 0) is 54.5 Å². The number of aromatic nitrogens is 3. The third kappa shape index (κ3) is 4.64. The van der Waals surface area contributed by atoms with Gasteiger partial charge in [0.1, 0.15) is 6.54 Å². The number of aromatic amines is 1. The summed E-state index contributed by atoms with van der Waals surface area (Å²) in [5.74, 6) is 0.696. The molecule has 30 heavy (non-hydrogen) atoms. The fourth-order valence-corrected chi connectivity index (χ4v) is 4.03. The van der Waals surface area contributed by atoms with Crippen LogP contribution in [0.5, 0.6) is 0 Å². The first-order chi connectivity index (χ1) is 14.5. The number of hydrogen-bond donors (Lipinski definition) is 1. The Bertz CT molecular complexity index is 1080. The van der Waals surface area contributed by atoms with E-state index in [4.69, 9.17) is 23.8 Å². The van der Waals surface area contributed by atoms with Gasteiger partial charge in [-0.1, -0.05) is 35.9 Å². The van der Waals surface area contributed by atoms with Crippen molar-refractivity contribution in [1.82, 2.24) is 24.6 Å². The van der Waals surface area contributed by atoms with Gasteiger partial charge in [-0.2, -0.15) is 5.10 Å². The molecule has 0 saturated carbocycles. The second-order valence-corrected chi connectivity index (χ2v) is 8.35. The van der Waals surface area contributed by atoms with Gasteiger partial charge in [-0.3, -0.25) is 19.4 Å². The smallest absolute Gasteiger partial charge is 0.242 e. The molecule has 1 aliphatic rings. The molecule has 0 atom stereocenters. The zero-order valence-electron chi connectivity index (χ0n) is 16.8. The van der Waals surface area contributed by atoms with Crippen LogP contribution in [-0.2, 0) is 17.9 Å². The van der Waals surface area contributed by atoms with Crippen LogP contribution in [0.4, 0.5) is 0 Å². The number of piperazine rings is 1. The van der Waals surface area contributed by atoms with Gasteiger partial charge in [0.15, 0.2) is 10.6 Å². The van der Waals surface area contributed by atoms with Crippen LogP contribution in [0, 0.1) is 11.7 Å². The topological polar surface area (TPSA) is 57.2 Å². The molecule has 8 heteroatoms. The van der Waals surface area contributed by atoms with Crippen molar-refractivity contribution in [3.8, 4) is 11.4 Å². The van der Waals surface area contributed by atoms with Crippen molar-refractivity contribution in [3.63, 3.8) is 0 Å². The largest absolute Gasteiger partial charge is 0.339 e. The Morgan fingerprint density at radius 3 is 2.50 bits per heavy atom. The lowest BCUT2D eigenvalue weighted by molar-refractivity contribution is -0.133. The lowest BCUT2D eigenvalue weighted by Crippen LogP contribution is -2.49. The van der Waals surface area contributed by atoms with Crippen molar-refractivity contribution < 1.29 is 4.79 Å². The molecule has 0 spiro atoms. The molecule has 1 fully saturated rings. The molecule has 3 aromatic rings. The van der Waals surface area contributed by atoms with E-state index in [-0.39, 0.29) is 12.5 Å². The van der Waals surface area contributed by atoms with E-state index in [0.29, 0.717) is 28.7 Å². The highest BCUT2D eigenvalue weighted by molar-refractivity contribution is 7.71. The van der Waals surface area contributed by atoms with Crippen molar-refractivity contribution in [3.05, 3.63) is 69.5 Å². The number of nitrogens with zero attached hydrogens (tertiary/aromatic N) is 4. The van der Waals surface area contributed by atoms with E-state index in [0.717, 1.165) is 25.2 Å². The van der Waals surface area contributed by atoms with Gasteiger partial charge in [0.25, 0.3) is 0 Å². The van der Waals surface area contributed by atoms with Crippen LogP contribution in [-0.4, -0.2) is 56.7 Å². The van der Waals surface area contributed by atoms with Crippen LogP contribution in [0.1, 0.15) is 11.1 Å². The van der Waals surface area contributed by atoms with Crippen molar-refractivity contribution in [1.29, 1.82) is 0 Å². The summed E-state index contributed by atoms with van der Waals surface area (Å²) in [5, 5.41) is 7.76. The third-order valence-corrected chi connectivity index (χ3v) is 6.10. The maximum Gasteiger partial charge on any atom is 0.242 e. The first-order valence-corrected chi connectivity index (χ1v) is 10.8. The van der Waals surface area contributed by atoms with E-state index in [1.807, 2.05) is 17.0 Å². The van der Waals surface area contributed by atoms with Gasteiger partial charge < -0.3 is 4.90 Å². The summed E-state index contributed by atoms with van der Waals surface area (Å²) >= 11 is 11.3. The molecule has 1 N–H and O–H groups in total. The fourth-order valence-electron chi connectivity index (χ4n) is 3.70. The van der Waals surface area contributed by atoms with Crippen molar-refractivity contribution in [2.45, 2.75) is 20.0 Å². The zero-order valence-corrected chi connectivity index (χ0v) is 18.4. The summed E-state index contributed by atoms with van der Waals surface area (Å²) in [5.41, 5.74) is 3.51. The van der Waals surface area contributed by atoms with Gasteiger partial charge in [0, 0.05) is 43.3 Å². The van der Waals surface area contributed by atoms with Crippen molar-refractivity contribution in [2.24, 2.45) is 0 Å². The Kier molecular flexibility index (Phi) is 6.32. The van der Waals surface area contributed by atoms with E-state index in [1.165, 1.54) is 11.1 Å². The second-order valence-electron chi connectivity index (χ2n) is 7.53. The van der Waals surface area contributed by atoms with Gasteiger partial charge in [-0.25, -0.2) is 0 Å². The quantitative estimate of drug-likeness (QED) is 0.610. The summed E-state index contributed by atoms with van der Waals surface area (Å²) in [6.07, 6.45) is 0. The SMILES string of the molecule is Cc1ccccc1CN1CCN(C(=O)Cn2c(-c3ccc(Cl)cc3)n[nH]c2=S)CC1. The number of halogens is 1. The summed E-state index contributed by atoms with van der Waals surface area (Å²) in [6, 6.07) is 15.8. The number of nitrogens with one attached hydrogen (secondary N) is 1. The van der Waals surface area contributed by atoms with Crippen LogP contribution in [0.25, 0.3) is 11.4 Å². The predicted octanol–water partition coefficient (Wildman–Crippen LogP) is 3.91. The molecular weight excluding hydrogens is 418 g/mol. The minimum Gasteiger partial charge on any atom is -0.339 e. The number of carbonyl (C=O) groups is 1. The maximum absolute atomic E-state index is 13.0. The van der Waals surface area contributed by atoms with E-state index in [1.54, 1.807) is 16.7 Å². The van der Waals surface area contributed by atoms with Gasteiger partial charge in [-0.15, -0.1) is 0 Å². The zero-order chi connectivity index (χ0) is 21.1. The normalized spacial score (nSPS) is 14.8. The molecule has 0 unspecified atom stereocenters. The van der Waals surface area contributed by atoms with Crippen LogP contribution in [0.3, 0.4) is 0 Å². The molecule has 156 valence electrons. The van der Waals surface area contributed by atoms with Crippen LogP contribution < -0.4 is 0 Å². The maximum atomic E-state index is 13.0. The summed E-state index contributed by atoms with van der Waals surface area (Å²) in [7, 11) is 0. The minimum atomic E-state index is 0.0539. The predicted molar refractivity (Wildman–Crippen MR) is 121 cm³/mol. The average Bonchev–Trinajstić information content (AvgIpc) is 3.11. The summed E-state index contributed by atoms with van der Waals surface area (Å²) in [4.78, 5) is 17.3. The van der Waals surface area contributed by atoms with E-state index < -0.39 is 0 Å². The molecule has 6 nitrogen and oxygen atoms in total. The van der Waals surface area contributed by atoms with Crippen molar-refractivity contribution >= 4 is 29.7 Å². The lowest BCUT2D eigenvalue weighted by atomic mass is 10.1. The number of amides is 1. The first kappa shape index (κ1) is 20.8. The number of hydrogen-bond acceptors (Lipinski definition) is 4. The average molecular weight is 442 g/mol. The van der Waals surface area contributed by atoms with Gasteiger partial charge in [0.2, 0.25) is 5.91 Å². The number of aryl methyl sites for hydroxylation is 1. The Balaban J connectivity index is 1.39. The number of rotatable bonds is 5. The monoisotopic (exact) mass is 441 g/mol. The summed E-state index contributed by atoms with van der Waals surface area (Å²) < 4.78 is 2.19. The molecular formula is C22H24ClN5OS. The van der Waals surface area contributed by atoms with E-state index >= 15 is 0 Å². The Morgan fingerprint density at radius 2 is 1.80 bits per heavy atom. The molecule has 1 amide bonds. The van der Waals surface area contributed by atoms with E-state index in [2.05, 4.69) is 46.3 Å². The van der Waals surface area contributed by atoms with Crippen molar-refractivity contribution in [2.75, 3.05) is 26.2 Å². The number of H-pyrrole nitrogens is 1. The standard InChI is InChI=1S/C22H24ClN5OS/c1-16-4-2-3-5-18(16)14-26-10-12-27(13-11-26)20(29)15-28-21(24-25-22(28)30)17-6-8-19(23)9-7-17/h2-9H,10-15H2,1H3,(H,25,30). The summed E-state index contributed by atoms with van der Waals surface area (Å²) in [6.45, 7) is 6.38. The molecule has 1 saturated heterocycles. The highest BCUT2D eigenvalue weighted by atomic mass is 35.5. The van der Waals surface area contributed by atoms with Crippen LogP contribution in [0.15, 0.2) is 48.5 Å². The van der Waals surface area contributed by atoms with Gasteiger partial charge in [0.05, 0.1) is 0 Å². The first-order valence-electron chi connectivity index (χ1n) is 9.97. The highest BCUT2D eigenvalue weighted by Gasteiger charge is 2.23. The van der Waals surface area contributed by atoms with Crippen LogP contribution >= 0.6 is 23.8 Å². The Morgan fingerprint density at radius 1 is 1.10 bits per heavy atom. The molecule has 0 radical (unpaired) electrons.